The van der Waals surface area contributed by atoms with Crippen LogP contribution in [0.3, 0.4) is 0 Å². The molecule has 0 unspecified atom stereocenters. The van der Waals surface area contributed by atoms with Gasteiger partial charge in [-0.1, -0.05) is 52.3 Å². The average molecular weight is 424 g/mol. The number of hydrogen-bond donors (Lipinski definition) is 0. The molecule has 7 heteroatoms. The van der Waals surface area contributed by atoms with Crippen molar-refractivity contribution in [2.45, 2.75) is 17.4 Å². The number of ether oxygens (including phenoxy) is 1. The number of carbonyl (C=O) groups excluding carboxylic acids is 1. The lowest BCUT2D eigenvalue weighted by Crippen LogP contribution is -2.38. The maximum atomic E-state index is 12.4. The van der Waals surface area contributed by atoms with Crippen LogP contribution in [0.4, 0.5) is 4.79 Å². The highest BCUT2D eigenvalue weighted by molar-refractivity contribution is 9.10. The average Bonchev–Trinajstić information content (AvgIpc) is 2.96. The lowest BCUT2D eigenvalue weighted by atomic mass is 10.1. The summed E-state index contributed by atoms with van der Waals surface area (Å²) < 4.78 is 31.0. The van der Waals surface area contributed by atoms with Crippen molar-refractivity contribution in [3.05, 3.63) is 64.6 Å². The molecule has 0 aliphatic carbocycles. The van der Waals surface area contributed by atoms with E-state index >= 15 is 0 Å². The van der Waals surface area contributed by atoms with Crippen molar-refractivity contribution in [1.29, 1.82) is 0 Å². The second kappa shape index (κ2) is 7.58. The molecule has 0 N–H and O–H groups in total. The number of hydrogen-bond acceptors (Lipinski definition) is 4. The highest BCUT2D eigenvalue weighted by atomic mass is 79.9. The highest BCUT2D eigenvalue weighted by Gasteiger charge is 2.34. The standard InChI is InChI=1S/C18H18BrNO4S/c19-17-9-5-4-6-14(17)12-15-13-24-18(21)20(15)10-11-25(22,23)16-7-2-1-3-8-16/h1-9,15H,10-13H2/t15-/m1/s1. The molecule has 0 aromatic heterocycles. The number of amides is 1. The van der Waals surface area contributed by atoms with E-state index in [2.05, 4.69) is 15.9 Å². The van der Waals surface area contributed by atoms with E-state index in [1.165, 1.54) is 4.90 Å². The molecule has 0 spiro atoms. The van der Waals surface area contributed by atoms with Crippen molar-refractivity contribution in [3.8, 4) is 0 Å². The Labute approximate surface area is 155 Å². The predicted octanol–water partition coefficient (Wildman–Crippen LogP) is 3.29. The monoisotopic (exact) mass is 423 g/mol. The molecule has 1 heterocycles. The molecule has 25 heavy (non-hydrogen) atoms. The number of nitrogens with zero attached hydrogens (tertiary/aromatic N) is 1. The minimum atomic E-state index is -3.43. The van der Waals surface area contributed by atoms with Gasteiger partial charge in [-0.25, -0.2) is 13.2 Å². The lowest BCUT2D eigenvalue weighted by molar-refractivity contribution is 0.159. The zero-order valence-corrected chi connectivity index (χ0v) is 15.9. The summed E-state index contributed by atoms with van der Waals surface area (Å²) >= 11 is 3.50. The fourth-order valence-electron chi connectivity index (χ4n) is 2.81. The van der Waals surface area contributed by atoms with E-state index in [0.717, 1.165) is 10.0 Å². The van der Waals surface area contributed by atoms with Crippen molar-refractivity contribution in [2.75, 3.05) is 18.9 Å². The summed E-state index contributed by atoms with van der Waals surface area (Å²) in [5, 5.41) is 0. The second-order valence-corrected chi connectivity index (χ2v) is 8.82. The van der Waals surface area contributed by atoms with Gasteiger partial charge in [0.25, 0.3) is 0 Å². The molecule has 0 radical (unpaired) electrons. The van der Waals surface area contributed by atoms with Gasteiger partial charge in [0.1, 0.15) is 6.61 Å². The van der Waals surface area contributed by atoms with Crippen LogP contribution in [0, 0.1) is 0 Å². The van der Waals surface area contributed by atoms with Crippen LogP contribution in [-0.2, 0) is 21.0 Å². The molecule has 2 aromatic rings. The first-order valence-electron chi connectivity index (χ1n) is 7.92. The fraction of sp³-hybridized carbons (Fsp3) is 0.278. The van der Waals surface area contributed by atoms with E-state index in [9.17, 15) is 13.2 Å². The quantitative estimate of drug-likeness (QED) is 0.714. The predicted molar refractivity (Wildman–Crippen MR) is 98.2 cm³/mol. The van der Waals surface area contributed by atoms with E-state index in [4.69, 9.17) is 4.74 Å². The van der Waals surface area contributed by atoms with Gasteiger partial charge in [-0.05, 0) is 30.2 Å². The van der Waals surface area contributed by atoms with Crippen LogP contribution in [0.25, 0.3) is 0 Å². The number of benzene rings is 2. The van der Waals surface area contributed by atoms with Gasteiger partial charge >= 0.3 is 6.09 Å². The number of cyclic esters (lactones) is 1. The van der Waals surface area contributed by atoms with Gasteiger partial charge in [-0.2, -0.15) is 0 Å². The van der Waals surface area contributed by atoms with Gasteiger partial charge in [0.15, 0.2) is 9.84 Å². The molecule has 1 aliphatic rings. The molecule has 0 bridgehead atoms. The Kier molecular flexibility index (Phi) is 5.44. The Morgan fingerprint density at radius 2 is 1.76 bits per heavy atom. The first kappa shape index (κ1) is 17.9. The van der Waals surface area contributed by atoms with Gasteiger partial charge in [0, 0.05) is 11.0 Å². The smallest absolute Gasteiger partial charge is 0.410 e. The number of carbonyl (C=O) groups is 1. The molecule has 0 saturated carbocycles. The molecular weight excluding hydrogens is 406 g/mol. The Morgan fingerprint density at radius 1 is 1.08 bits per heavy atom. The second-order valence-electron chi connectivity index (χ2n) is 5.85. The van der Waals surface area contributed by atoms with E-state index in [1.54, 1.807) is 30.3 Å². The lowest BCUT2D eigenvalue weighted by Gasteiger charge is -2.21. The maximum Gasteiger partial charge on any atom is 0.410 e. The van der Waals surface area contributed by atoms with Crippen LogP contribution in [0.15, 0.2) is 64.0 Å². The highest BCUT2D eigenvalue weighted by Crippen LogP contribution is 2.23. The van der Waals surface area contributed by atoms with E-state index in [-0.39, 0.29) is 29.8 Å². The Morgan fingerprint density at radius 3 is 2.48 bits per heavy atom. The number of sulfone groups is 1. The topological polar surface area (TPSA) is 63.7 Å². The number of rotatable bonds is 6. The molecule has 3 rings (SSSR count). The van der Waals surface area contributed by atoms with E-state index < -0.39 is 15.9 Å². The zero-order valence-electron chi connectivity index (χ0n) is 13.5. The summed E-state index contributed by atoms with van der Waals surface area (Å²) in [4.78, 5) is 13.8. The van der Waals surface area contributed by atoms with Crippen LogP contribution < -0.4 is 0 Å². The van der Waals surface area contributed by atoms with Crippen molar-refractivity contribution in [2.24, 2.45) is 0 Å². The first-order valence-corrected chi connectivity index (χ1v) is 10.4. The van der Waals surface area contributed by atoms with Gasteiger partial charge in [-0.15, -0.1) is 0 Å². The molecule has 1 atom stereocenters. The number of halogens is 1. The van der Waals surface area contributed by atoms with E-state index in [1.807, 2.05) is 24.3 Å². The normalized spacial score (nSPS) is 17.6. The van der Waals surface area contributed by atoms with Crippen LogP contribution in [0.5, 0.6) is 0 Å². The third kappa shape index (κ3) is 4.22. The van der Waals surface area contributed by atoms with Crippen LogP contribution in [0.1, 0.15) is 5.56 Å². The third-order valence-electron chi connectivity index (χ3n) is 4.19. The first-order chi connectivity index (χ1) is 12.0. The SMILES string of the molecule is O=C1OC[C@@H](Cc2ccccc2Br)N1CCS(=O)(=O)c1ccccc1. The van der Waals surface area contributed by atoms with Crippen molar-refractivity contribution < 1.29 is 17.9 Å². The molecule has 2 aromatic carbocycles. The largest absolute Gasteiger partial charge is 0.447 e. The Balaban J connectivity index is 1.70. The minimum absolute atomic E-state index is 0.116. The zero-order chi connectivity index (χ0) is 17.9. The molecule has 1 saturated heterocycles. The van der Waals surface area contributed by atoms with Crippen LogP contribution in [0.2, 0.25) is 0 Å². The van der Waals surface area contributed by atoms with Gasteiger partial charge in [0.05, 0.1) is 16.7 Å². The maximum absolute atomic E-state index is 12.4. The molecule has 132 valence electrons. The molecular formula is C18H18BrNO4S. The summed E-state index contributed by atoms with van der Waals surface area (Å²) in [6, 6.07) is 15.9. The third-order valence-corrected chi connectivity index (χ3v) is 6.68. The molecule has 1 fully saturated rings. The molecule has 5 nitrogen and oxygen atoms in total. The van der Waals surface area contributed by atoms with Crippen molar-refractivity contribution in [3.63, 3.8) is 0 Å². The summed E-state index contributed by atoms with van der Waals surface area (Å²) in [5.74, 6) is -0.126. The van der Waals surface area contributed by atoms with Crippen molar-refractivity contribution >= 4 is 31.9 Å². The van der Waals surface area contributed by atoms with E-state index in [0.29, 0.717) is 6.42 Å². The molecule has 1 aliphatic heterocycles. The summed E-state index contributed by atoms with van der Waals surface area (Å²) in [6.07, 6.45) is 0.152. The summed E-state index contributed by atoms with van der Waals surface area (Å²) in [5.41, 5.74) is 1.06. The van der Waals surface area contributed by atoms with Gasteiger partial charge in [0.2, 0.25) is 0 Å². The van der Waals surface area contributed by atoms with Crippen molar-refractivity contribution in [1.82, 2.24) is 4.90 Å². The summed E-state index contributed by atoms with van der Waals surface area (Å²) in [6.45, 7) is 0.386. The van der Waals surface area contributed by atoms with Gasteiger partial charge < -0.3 is 9.64 Å². The van der Waals surface area contributed by atoms with Crippen LogP contribution >= 0.6 is 15.9 Å². The minimum Gasteiger partial charge on any atom is -0.447 e. The fourth-order valence-corrected chi connectivity index (χ4v) is 4.51. The Hall–Kier alpha value is -1.86. The summed E-state index contributed by atoms with van der Waals surface area (Å²) in [7, 11) is -3.43. The van der Waals surface area contributed by atoms with Gasteiger partial charge in [-0.3, -0.25) is 0 Å². The Bertz CT molecular complexity index is 854. The molecule has 1 amide bonds. The van der Waals surface area contributed by atoms with Crippen LogP contribution in [-0.4, -0.2) is 44.4 Å².